The van der Waals surface area contributed by atoms with E-state index in [1.165, 1.54) is 21.4 Å². The van der Waals surface area contributed by atoms with Crippen LogP contribution in [0.15, 0.2) is 133 Å². The number of nitrogens with zero attached hydrogens (tertiary/aromatic N) is 1. The van der Waals surface area contributed by atoms with Crippen LogP contribution < -0.4 is 10.2 Å². The summed E-state index contributed by atoms with van der Waals surface area (Å²) < 4.78 is 0. The monoisotopic (exact) mass is 748 g/mol. The molecule has 1 spiro atoms. The van der Waals surface area contributed by atoms with E-state index in [-0.39, 0.29) is 11.8 Å². The number of amides is 4. The highest BCUT2D eigenvalue weighted by Gasteiger charge is 2.54. The Labute approximate surface area is 333 Å². The van der Waals surface area contributed by atoms with Crippen LogP contribution in [0.4, 0.5) is 5.69 Å². The zero-order chi connectivity index (χ0) is 39.4. The third kappa shape index (κ3) is 3.87. The van der Waals surface area contributed by atoms with Crippen molar-refractivity contribution in [3.63, 3.8) is 0 Å². The second-order valence-corrected chi connectivity index (χ2v) is 16.0. The molecule has 8 aromatic rings. The summed E-state index contributed by atoms with van der Waals surface area (Å²) in [6.45, 7) is 6.28. The zero-order valence-electron chi connectivity index (χ0n) is 31.8. The lowest BCUT2D eigenvalue weighted by Crippen LogP contribution is -2.30. The molecular formula is C52H32N2O4. The Balaban J connectivity index is 1.08. The van der Waals surface area contributed by atoms with Crippen LogP contribution in [0.5, 0.6) is 0 Å². The van der Waals surface area contributed by atoms with Gasteiger partial charge in [-0.15, -0.1) is 0 Å². The first-order chi connectivity index (χ1) is 28.2. The molecule has 2 aliphatic heterocycles. The van der Waals surface area contributed by atoms with E-state index >= 15 is 4.79 Å². The minimum absolute atomic E-state index is 0.333. The number of carbonyl (C=O) groups excluding carboxylic acids is 4. The van der Waals surface area contributed by atoms with Gasteiger partial charge in [0.25, 0.3) is 23.6 Å². The van der Waals surface area contributed by atoms with Gasteiger partial charge in [0.2, 0.25) is 0 Å². The minimum Gasteiger partial charge on any atom is -0.288 e. The molecule has 0 saturated carbocycles. The number of aryl methyl sites for hydroxylation is 3. The maximum absolute atomic E-state index is 15.0. The number of fused-ring (bicyclic) bond motifs is 14. The lowest BCUT2D eigenvalue weighted by atomic mass is 9.70. The molecule has 4 aliphatic rings. The number of anilines is 1. The molecule has 58 heavy (non-hydrogen) atoms. The molecule has 0 bridgehead atoms. The molecule has 2 heterocycles. The van der Waals surface area contributed by atoms with E-state index in [9.17, 15) is 14.4 Å². The zero-order valence-corrected chi connectivity index (χ0v) is 31.8. The number of rotatable bonds is 2. The average Bonchev–Trinajstić information content (AvgIpc) is 3.89. The van der Waals surface area contributed by atoms with Gasteiger partial charge in [0.15, 0.2) is 0 Å². The van der Waals surface area contributed by atoms with E-state index in [0.29, 0.717) is 27.9 Å². The minimum atomic E-state index is -0.899. The van der Waals surface area contributed by atoms with E-state index in [1.54, 1.807) is 0 Å². The smallest absolute Gasteiger partial charge is 0.266 e. The van der Waals surface area contributed by atoms with E-state index in [4.69, 9.17) is 0 Å². The Bertz CT molecular complexity index is 3340. The summed E-state index contributed by atoms with van der Waals surface area (Å²) >= 11 is 0. The normalized spacial score (nSPS) is 16.8. The van der Waals surface area contributed by atoms with Crippen LogP contribution in [0.1, 0.15) is 80.4 Å². The molecule has 6 heteroatoms. The van der Waals surface area contributed by atoms with Gasteiger partial charge in [-0.3, -0.25) is 24.5 Å². The van der Waals surface area contributed by atoms with Gasteiger partial charge < -0.3 is 0 Å². The molecule has 0 radical (unpaired) electrons. The number of hydrogen-bond donors (Lipinski definition) is 1. The largest absolute Gasteiger partial charge is 0.288 e. The second-order valence-electron chi connectivity index (χ2n) is 16.0. The highest BCUT2D eigenvalue weighted by molar-refractivity contribution is 6.37. The maximum atomic E-state index is 15.0. The molecular weight excluding hydrogens is 717 g/mol. The van der Waals surface area contributed by atoms with E-state index in [1.807, 2.05) is 79.7 Å². The standard InChI is InChI=1S/C52H32N2O4/c1-26-20-35(30-13-5-4-12-29(30)28(26)3)36-21-27(2)47(34-17-7-6-14-31(34)36)54-50(57)41-23-38-33-16-9-11-19-44(33)52(46(38)25-42(41)51(54)58)43-18-10-8-15-32(43)37-22-39-40(24-45(37)52)49(56)53-48(39)55/h4-25H,1-3H3,(H,53,55,56). The lowest BCUT2D eigenvalue weighted by molar-refractivity contribution is 0.0874. The summed E-state index contributed by atoms with van der Waals surface area (Å²) in [5.74, 6) is -1.57. The molecule has 4 amide bonds. The van der Waals surface area contributed by atoms with Crippen LogP contribution >= 0.6 is 0 Å². The summed E-state index contributed by atoms with van der Waals surface area (Å²) in [5.41, 5.74) is 13.8. The predicted molar refractivity (Wildman–Crippen MR) is 227 cm³/mol. The predicted octanol–water partition coefficient (Wildman–Crippen LogP) is 10.6. The first kappa shape index (κ1) is 32.8. The van der Waals surface area contributed by atoms with Crippen molar-refractivity contribution in [3.8, 4) is 33.4 Å². The molecule has 1 unspecified atom stereocenters. The van der Waals surface area contributed by atoms with Gasteiger partial charge in [-0.25, -0.2) is 4.90 Å². The Morgan fingerprint density at radius 3 is 1.47 bits per heavy atom. The number of nitrogens with one attached hydrogen (secondary N) is 1. The van der Waals surface area contributed by atoms with Gasteiger partial charge in [0.1, 0.15) is 0 Å². The Kier molecular flexibility index (Phi) is 6.28. The van der Waals surface area contributed by atoms with Crippen molar-refractivity contribution in [2.24, 2.45) is 0 Å². The van der Waals surface area contributed by atoms with E-state index in [2.05, 4.69) is 79.8 Å². The van der Waals surface area contributed by atoms with Gasteiger partial charge in [0, 0.05) is 5.39 Å². The van der Waals surface area contributed by atoms with Crippen molar-refractivity contribution >= 4 is 50.9 Å². The Morgan fingerprint density at radius 2 is 0.845 bits per heavy atom. The Morgan fingerprint density at radius 1 is 0.397 bits per heavy atom. The third-order valence-corrected chi connectivity index (χ3v) is 13.2. The maximum Gasteiger partial charge on any atom is 0.266 e. The topological polar surface area (TPSA) is 83.6 Å². The summed E-state index contributed by atoms with van der Waals surface area (Å²) in [4.78, 5) is 57.3. The fourth-order valence-corrected chi connectivity index (χ4v) is 10.6. The van der Waals surface area contributed by atoms with Crippen molar-refractivity contribution in [3.05, 3.63) is 195 Å². The van der Waals surface area contributed by atoms with Crippen molar-refractivity contribution in [2.45, 2.75) is 26.2 Å². The lowest BCUT2D eigenvalue weighted by Gasteiger charge is -2.30. The number of benzene rings is 8. The number of hydrogen-bond acceptors (Lipinski definition) is 4. The second kappa shape index (κ2) is 11.1. The Hall–Kier alpha value is -7.44. The van der Waals surface area contributed by atoms with Crippen LogP contribution in [-0.2, 0) is 5.41 Å². The summed E-state index contributed by atoms with van der Waals surface area (Å²) in [7, 11) is 0. The first-order valence-electron chi connectivity index (χ1n) is 19.5. The van der Waals surface area contributed by atoms with Crippen molar-refractivity contribution < 1.29 is 19.2 Å². The summed E-state index contributed by atoms with van der Waals surface area (Å²) in [6.07, 6.45) is 0. The molecule has 0 fully saturated rings. The van der Waals surface area contributed by atoms with E-state index < -0.39 is 17.2 Å². The van der Waals surface area contributed by atoms with Gasteiger partial charge in [0.05, 0.1) is 33.4 Å². The molecule has 0 aromatic heterocycles. The van der Waals surface area contributed by atoms with Gasteiger partial charge in [-0.2, -0.15) is 0 Å². The van der Waals surface area contributed by atoms with E-state index in [0.717, 1.165) is 77.4 Å². The summed E-state index contributed by atoms with van der Waals surface area (Å²) in [6, 6.07) is 44.6. The first-order valence-corrected chi connectivity index (χ1v) is 19.5. The summed E-state index contributed by atoms with van der Waals surface area (Å²) in [5, 5.41) is 6.60. The fourth-order valence-electron chi connectivity index (χ4n) is 10.6. The molecule has 2 aliphatic carbocycles. The van der Waals surface area contributed by atoms with Crippen LogP contribution in [0.25, 0.3) is 54.9 Å². The van der Waals surface area contributed by atoms with Crippen molar-refractivity contribution in [2.75, 3.05) is 4.90 Å². The highest BCUT2D eigenvalue weighted by atomic mass is 16.2. The SMILES string of the molecule is Cc1cc(-c2cc(C)c(N3C(=O)c4cc5c(cc4C3=O)C3(c4ccccc4-c4cc6c(cc43)C(=O)NC6=O)c3ccccc3-5)c3ccccc23)c2ccccc2c1C. The average molecular weight is 749 g/mol. The van der Waals surface area contributed by atoms with Crippen molar-refractivity contribution in [1.29, 1.82) is 0 Å². The number of carbonyl (C=O) groups is 4. The molecule has 1 N–H and O–H groups in total. The van der Waals surface area contributed by atoms with Crippen molar-refractivity contribution in [1.82, 2.24) is 5.32 Å². The molecule has 12 rings (SSSR count). The van der Waals surface area contributed by atoms with Crippen LogP contribution in [0, 0.1) is 20.8 Å². The van der Waals surface area contributed by atoms with Crippen LogP contribution in [0.2, 0.25) is 0 Å². The van der Waals surface area contributed by atoms with Crippen LogP contribution in [0.3, 0.4) is 0 Å². The highest BCUT2D eigenvalue weighted by Crippen LogP contribution is 2.64. The van der Waals surface area contributed by atoms with Gasteiger partial charge in [-0.1, -0.05) is 103 Å². The molecule has 0 saturated heterocycles. The molecule has 8 aromatic carbocycles. The third-order valence-electron chi connectivity index (χ3n) is 13.2. The van der Waals surface area contributed by atoms with Crippen LogP contribution in [-0.4, -0.2) is 23.6 Å². The number of imide groups is 2. The van der Waals surface area contributed by atoms with Gasteiger partial charge in [-0.05, 0) is 140 Å². The molecule has 6 nitrogen and oxygen atoms in total. The molecule has 1 atom stereocenters. The molecule has 274 valence electrons. The fraction of sp³-hybridized carbons (Fsp3) is 0.0769. The van der Waals surface area contributed by atoms with Gasteiger partial charge >= 0.3 is 0 Å². The quantitative estimate of drug-likeness (QED) is 0.178.